The second kappa shape index (κ2) is 12.5. The number of hydrogen-bond donors (Lipinski definition) is 3. The van der Waals surface area contributed by atoms with E-state index in [0.29, 0.717) is 38.2 Å². The first-order valence-electron chi connectivity index (χ1n) is 14.4. The molecule has 13 heteroatoms. The van der Waals surface area contributed by atoms with Crippen LogP contribution in [-0.2, 0) is 17.7 Å². The summed E-state index contributed by atoms with van der Waals surface area (Å²) in [6, 6.07) is 9.94. The smallest absolute Gasteiger partial charge is 0.354 e. The lowest BCUT2D eigenvalue weighted by atomic mass is 9.97. The van der Waals surface area contributed by atoms with Crippen molar-refractivity contribution in [1.82, 2.24) is 19.9 Å². The summed E-state index contributed by atoms with van der Waals surface area (Å²) in [5.74, 6) is -1.61. The molecule has 1 aliphatic heterocycles. The number of rotatable bonds is 5. The van der Waals surface area contributed by atoms with Crippen LogP contribution in [0.1, 0.15) is 86.8 Å². The van der Waals surface area contributed by atoms with Gasteiger partial charge in [-0.2, -0.15) is 5.10 Å². The van der Waals surface area contributed by atoms with Gasteiger partial charge in [-0.1, -0.05) is 12.1 Å². The lowest BCUT2D eigenvalue weighted by Crippen LogP contribution is -2.29. The summed E-state index contributed by atoms with van der Waals surface area (Å²) in [5.41, 5.74) is 8.09. The first-order chi connectivity index (χ1) is 21.4. The third-order valence-corrected chi connectivity index (χ3v) is 7.34. The summed E-state index contributed by atoms with van der Waals surface area (Å²) in [6.45, 7) is 9.05. The van der Waals surface area contributed by atoms with Crippen molar-refractivity contribution in [1.29, 1.82) is 0 Å². The van der Waals surface area contributed by atoms with Crippen LogP contribution in [0.4, 0.5) is 4.39 Å². The summed E-state index contributed by atoms with van der Waals surface area (Å²) in [7, 11) is 0. The Kier molecular flexibility index (Phi) is 8.73. The fourth-order valence-corrected chi connectivity index (χ4v) is 5.24. The van der Waals surface area contributed by atoms with Crippen LogP contribution in [0.3, 0.4) is 0 Å². The minimum Gasteiger partial charge on any atom is -0.486 e. The molecule has 2 aromatic heterocycles. The molecule has 1 atom stereocenters. The number of halogens is 1. The van der Waals surface area contributed by atoms with Crippen LogP contribution in [0.2, 0.25) is 0 Å². The molecule has 1 aliphatic carbocycles. The van der Waals surface area contributed by atoms with Gasteiger partial charge in [0.1, 0.15) is 24.5 Å². The summed E-state index contributed by atoms with van der Waals surface area (Å²) in [5, 5.41) is 16.0. The minimum atomic E-state index is -1.39. The van der Waals surface area contributed by atoms with E-state index < -0.39 is 35.0 Å². The lowest BCUT2D eigenvalue weighted by Gasteiger charge is -2.21. The van der Waals surface area contributed by atoms with Crippen LogP contribution < -0.4 is 20.5 Å². The molecule has 3 heterocycles. The number of amides is 1. The highest BCUT2D eigenvalue weighted by Crippen LogP contribution is 2.35. The fraction of sp³-hybridized carbons (Fsp3) is 0.344. The molecule has 0 spiro atoms. The summed E-state index contributed by atoms with van der Waals surface area (Å²) in [4.78, 5) is 40.7. The van der Waals surface area contributed by atoms with E-state index in [1.54, 1.807) is 32.9 Å². The van der Waals surface area contributed by atoms with Gasteiger partial charge < -0.3 is 30.4 Å². The SMILES string of the molecule is Cc1c(C(=O)OC(C)(C)C)ccc2c1CC[C@@H]2NC(=O)c1cc(C(=O)O)nc2c(F)cnn12.NCc1ccc2c(c1)OCCO2. The van der Waals surface area contributed by atoms with E-state index in [0.717, 1.165) is 50.5 Å². The molecule has 4 aromatic rings. The maximum Gasteiger partial charge on any atom is 0.354 e. The topological polar surface area (TPSA) is 167 Å². The van der Waals surface area contributed by atoms with Crippen molar-refractivity contribution < 1.29 is 38.1 Å². The number of ether oxygens (including phenoxy) is 3. The number of hydrogen-bond acceptors (Lipinski definition) is 9. The third kappa shape index (κ3) is 6.73. The lowest BCUT2D eigenvalue weighted by molar-refractivity contribution is 0.00682. The van der Waals surface area contributed by atoms with E-state index in [9.17, 15) is 23.9 Å². The zero-order valence-corrected chi connectivity index (χ0v) is 25.3. The van der Waals surface area contributed by atoms with Crippen LogP contribution in [-0.4, -0.2) is 56.4 Å². The Balaban J connectivity index is 0.000000277. The number of aromatic carboxylic acids is 1. The van der Waals surface area contributed by atoms with Crippen LogP contribution in [0.15, 0.2) is 42.6 Å². The van der Waals surface area contributed by atoms with E-state index in [1.807, 2.05) is 25.1 Å². The molecule has 0 unspecified atom stereocenters. The predicted octanol–water partition coefficient (Wildman–Crippen LogP) is 4.16. The fourth-order valence-electron chi connectivity index (χ4n) is 5.24. The van der Waals surface area contributed by atoms with Crippen molar-refractivity contribution in [2.75, 3.05) is 13.2 Å². The zero-order chi connectivity index (χ0) is 32.5. The standard InChI is InChI=1S/C23H23FN4O5.C9H11NO2/c1-11-12-7-8-16(14(12)6-5-13(11)22(32)33-23(2,3)4)27-20(29)18-9-17(21(30)31)26-19-15(24)10-25-28(18)19;10-6-7-1-2-8-9(5-7)12-4-3-11-8/h5-6,9-10,16H,7-8H2,1-4H3,(H,27,29)(H,30,31);1-2,5H,3-4,6,10H2/t16-;/m0./s1. The number of nitrogens with zero attached hydrogens (tertiary/aromatic N) is 3. The van der Waals surface area contributed by atoms with Crippen molar-refractivity contribution >= 4 is 23.5 Å². The first-order valence-corrected chi connectivity index (χ1v) is 14.4. The average molecular weight is 620 g/mol. The Morgan fingerprint density at radius 3 is 2.56 bits per heavy atom. The van der Waals surface area contributed by atoms with Crippen LogP contribution in [0.5, 0.6) is 11.5 Å². The molecular formula is C32H34FN5O7. The molecular weight excluding hydrogens is 585 g/mol. The Labute approximate surface area is 258 Å². The molecule has 236 valence electrons. The van der Waals surface area contributed by atoms with Crippen molar-refractivity contribution in [3.8, 4) is 11.5 Å². The molecule has 0 bridgehead atoms. The van der Waals surface area contributed by atoms with Gasteiger partial charge in [-0.3, -0.25) is 4.79 Å². The monoisotopic (exact) mass is 619 g/mol. The second-order valence-corrected chi connectivity index (χ2v) is 11.6. The third-order valence-electron chi connectivity index (χ3n) is 7.34. The van der Waals surface area contributed by atoms with Gasteiger partial charge in [-0.05, 0) is 81.0 Å². The first kappa shape index (κ1) is 31.4. The number of nitrogens with one attached hydrogen (secondary N) is 1. The summed E-state index contributed by atoms with van der Waals surface area (Å²) >= 11 is 0. The van der Waals surface area contributed by atoms with Gasteiger partial charge in [-0.25, -0.2) is 23.5 Å². The number of carboxylic acid groups (broad SMARTS) is 1. The van der Waals surface area contributed by atoms with E-state index >= 15 is 0 Å². The average Bonchev–Trinajstić information content (AvgIpc) is 3.59. The van der Waals surface area contributed by atoms with E-state index in [1.165, 1.54) is 0 Å². The molecule has 12 nitrogen and oxygen atoms in total. The number of fused-ring (bicyclic) bond motifs is 3. The number of benzene rings is 2. The quantitative estimate of drug-likeness (QED) is 0.276. The summed E-state index contributed by atoms with van der Waals surface area (Å²) < 4.78 is 31.2. The normalized spacial score (nSPS) is 15.1. The van der Waals surface area contributed by atoms with Crippen LogP contribution in [0.25, 0.3) is 5.65 Å². The molecule has 4 N–H and O–H groups in total. The molecule has 0 saturated heterocycles. The maximum absolute atomic E-state index is 14.0. The highest BCUT2D eigenvalue weighted by Gasteiger charge is 2.30. The highest BCUT2D eigenvalue weighted by molar-refractivity contribution is 5.96. The molecule has 0 fully saturated rings. The van der Waals surface area contributed by atoms with Gasteiger partial charge in [-0.15, -0.1) is 0 Å². The van der Waals surface area contributed by atoms with Crippen LogP contribution >= 0.6 is 0 Å². The van der Waals surface area contributed by atoms with E-state index in [-0.39, 0.29) is 17.4 Å². The van der Waals surface area contributed by atoms with Crippen molar-refractivity contribution in [2.24, 2.45) is 5.73 Å². The molecule has 45 heavy (non-hydrogen) atoms. The van der Waals surface area contributed by atoms with Crippen molar-refractivity contribution in [3.05, 3.63) is 87.6 Å². The molecule has 0 saturated carbocycles. The Hall–Kier alpha value is -5.04. The van der Waals surface area contributed by atoms with Gasteiger partial charge in [0.05, 0.1) is 17.8 Å². The second-order valence-electron chi connectivity index (χ2n) is 11.6. The van der Waals surface area contributed by atoms with E-state index in [4.69, 9.17) is 19.9 Å². The van der Waals surface area contributed by atoms with E-state index in [2.05, 4.69) is 15.4 Å². The molecule has 2 aliphatic rings. The number of carboxylic acids is 1. The van der Waals surface area contributed by atoms with Gasteiger partial charge in [0.15, 0.2) is 28.7 Å². The summed E-state index contributed by atoms with van der Waals surface area (Å²) in [6.07, 6.45) is 2.11. The van der Waals surface area contributed by atoms with Gasteiger partial charge in [0.25, 0.3) is 5.91 Å². The number of carbonyl (C=O) groups is 3. The molecule has 1 amide bonds. The number of carbonyl (C=O) groups excluding carboxylic acids is 2. The maximum atomic E-state index is 14.0. The molecule has 2 aromatic carbocycles. The van der Waals surface area contributed by atoms with Crippen molar-refractivity contribution in [2.45, 2.75) is 58.7 Å². The van der Waals surface area contributed by atoms with Crippen molar-refractivity contribution in [3.63, 3.8) is 0 Å². The Bertz CT molecular complexity index is 1800. The largest absolute Gasteiger partial charge is 0.486 e. The molecule has 6 rings (SSSR count). The van der Waals surface area contributed by atoms with Crippen LogP contribution in [0, 0.1) is 12.7 Å². The van der Waals surface area contributed by atoms with Gasteiger partial charge in [0, 0.05) is 12.6 Å². The Morgan fingerprint density at radius 2 is 1.87 bits per heavy atom. The number of esters is 1. The Morgan fingerprint density at radius 1 is 1.13 bits per heavy atom. The number of nitrogens with two attached hydrogens (primary N) is 1. The predicted molar refractivity (Wildman–Crippen MR) is 160 cm³/mol. The highest BCUT2D eigenvalue weighted by atomic mass is 19.1. The van der Waals surface area contributed by atoms with Gasteiger partial charge >= 0.3 is 11.9 Å². The number of aromatic nitrogens is 3. The molecule has 0 radical (unpaired) electrons. The zero-order valence-electron chi connectivity index (χ0n) is 25.3. The van der Waals surface area contributed by atoms with Gasteiger partial charge in [0.2, 0.25) is 0 Å². The minimum absolute atomic E-state index is 0.142.